The molecule has 0 bridgehead atoms. The first-order chi connectivity index (χ1) is 27.7. The highest BCUT2D eigenvalue weighted by atomic mass is 35.5. The van der Waals surface area contributed by atoms with E-state index in [9.17, 15) is 19.2 Å². The second-order valence-electron chi connectivity index (χ2n) is 15.0. The van der Waals surface area contributed by atoms with Gasteiger partial charge in [-0.15, -0.1) is 0 Å². The van der Waals surface area contributed by atoms with Crippen LogP contribution in [0, 0.1) is 0 Å². The molecule has 4 atom stereocenters. The molecule has 1 N–H and O–H groups in total. The standard InChI is InChI=1S/C45H70N4O8.ClH/c1-7-11-12-13-14-15-16-17-18-19-20-21-28-36(26-8-2)56-44(52)40-43(55-6)49(33-32-48(40)41(50)37-29-22-23-30-39(37)54-5)42(51)38(9-3)57-45(53)46-34-35-27-24-25-31-47(35)10-4;/h22-25,27,29-31,36,38,40,43H,7-21,26,28,32-34H2,1-6H3;1H. The van der Waals surface area contributed by atoms with Gasteiger partial charge in [-0.25, -0.2) is 14.2 Å². The molecular weight excluding hydrogens is 760 g/mol. The number of alkyl carbamates (subject to hydrolysis) is 1. The Morgan fingerprint density at radius 1 is 0.759 bits per heavy atom. The molecule has 12 nitrogen and oxygen atoms in total. The molecule has 1 aromatic heterocycles. The van der Waals surface area contributed by atoms with Crippen molar-refractivity contribution < 1.29 is 55.1 Å². The Labute approximate surface area is 354 Å². The molecule has 1 aromatic carbocycles. The second-order valence-corrected chi connectivity index (χ2v) is 15.0. The number of unbranched alkanes of at least 4 members (excludes halogenated alkanes) is 11. The van der Waals surface area contributed by atoms with Crippen LogP contribution < -0.4 is 27.0 Å². The largest absolute Gasteiger partial charge is 1.00 e. The number of benzene rings is 1. The number of nitrogens with zero attached hydrogens (tertiary/aromatic N) is 3. The van der Waals surface area contributed by atoms with E-state index in [4.69, 9.17) is 18.9 Å². The van der Waals surface area contributed by atoms with E-state index in [0.717, 1.165) is 37.9 Å². The lowest BCUT2D eigenvalue weighted by Crippen LogP contribution is -3.00. The average Bonchev–Trinajstić information content (AvgIpc) is 3.24. The van der Waals surface area contributed by atoms with E-state index in [2.05, 4.69) is 19.2 Å². The lowest BCUT2D eigenvalue weighted by Gasteiger charge is -2.46. The van der Waals surface area contributed by atoms with Gasteiger partial charge in [0.05, 0.1) is 12.7 Å². The number of nitrogens with one attached hydrogen (secondary N) is 1. The quantitative estimate of drug-likeness (QED) is 0.0786. The average molecular weight is 832 g/mol. The van der Waals surface area contributed by atoms with Crippen LogP contribution in [0.15, 0.2) is 48.7 Å². The van der Waals surface area contributed by atoms with Gasteiger partial charge in [0.2, 0.25) is 5.69 Å². The van der Waals surface area contributed by atoms with Crippen LogP contribution in [0.3, 0.4) is 0 Å². The van der Waals surface area contributed by atoms with Crippen LogP contribution >= 0.6 is 0 Å². The number of carbonyl (C=O) groups excluding carboxylic acids is 4. The maximum atomic E-state index is 14.4. The summed E-state index contributed by atoms with van der Waals surface area (Å²) in [5.74, 6) is -1.24. The summed E-state index contributed by atoms with van der Waals surface area (Å²) in [6, 6.07) is 11.3. The summed E-state index contributed by atoms with van der Waals surface area (Å²) in [5, 5.41) is 2.75. The number of pyridine rings is 1. The van der Waals surface area contributed by atoms with E-state index >= 15 is 0 Å². The van der Waals surface area contributed by atoms with Gasteiger partial charge in [-0.1, -0.05) is 116 Å². The van der Waals surface area contributed by atoms with Crippen LogP contribution in [0.25, 0.3) is 0 Å². The number of hydrogen-bond donors (Lipinski definition) is 1. The minimum absolute atomic E-state index is 0. The van der Waals surface area contributed by atoms with E-state index in [1.165, 1.54) is 81.8 Å². The number of piperazine rings is 1. The Morgan fingerprint density at radius 3 is 1.98 bits per heavy atom. The highest BCUT2D eigenvalue weighted by Gasteiger charge is 2.48. The molecule has 326 valence electrons. The fraction of sp³-hybridized carbons (Fsp3) is 0.667. The zero-order valence-electron chi connectivity index (χ0n) is 36.1. The summed E-state index contributed by atoms with van der Waals surface area (Å²) in [6.45, 7) is 9.08. The van der Waals surface area contributed by atoms with Crippen LogP contribution in [0.2, 0.25) is 0 Å². The van der Waals surface area contributed by atoms with Gasteiger partial charge >= 0.3 is 12.1 Å². The second kappa shape index (κ2) is 28.5. The first-order valence-corrected chi connectivity index (χ1v) is 21.6. The lowest BCUT2D eigenvalue weighted by molar-refractivity contribution is -0.701. The third kappa shape index (κ3) is 15.7. The van der Waals surface area contributed by atoms with Crippen LogP contribution in [0.5, 0.6) is 5.75 Å². The topological polar surface area (TPSA) is 128 Å². The number of rotatable bonds is 26. The molecule has 3 rings (SSSR count). The molecule has 0 radical (unpaired) electrons. The fourth-order valence-corrected chi connectivity index (χ4v) is 7.58. The van der Waals surface area contributed by atoms with Gasteiger partial charge < -0.3 is 46.5 Å². The molecule has 0 spiro atoms. The number of ether oxygens (including phenoxy) is 4. The maximum Gasteiger partial charge on any atom is 0.408 e. The Hall–Kier alpha value is -3.90. The minimum Gasteiger partial charge on any atom is -1.00 e. The van der Waals surface area contributed by atoms with Gasteiger partial charge in [0.15, 0.2) is 24.6 Å². The number of aromatic nitrogens is 1. The summed E-state index contributed by atoms with van der Waals surface area (Å²) >= 11 is 0. The number of esters is 1. The number of methoxy groups -OCH3 is 2. The van der Waals surface area contributed by atoms with Crippen molar-refractivity contribution >= 4 is 23.9 Å². The van der Waals surface area contributed by atoms with Crippen molar-refractivity contribution in [3.05, 3.63) is 59.9 Å². The highest BCUT2D eigenvalue weighted by Crippen LogP contribution is 2.28. The number of carbonyl (C=O) groups is 4. The molecular formula is C45H71ClN4O8. The van der Waals surface area contributed by atoms with E-state index < -0.39 is 42.3 Å². The smallest absolute Gasteiger partial charge is 0.408 e. The van der Waals surface area contributed by atoms with Crippen molar-refractivity contribution in [1.82, 2.24) is 15.1 Å². The molecule has 1 saturated heterocycles. The van der Waals surface area contributed by atoms with Crippen LogP contribution in [-0.4, -0.2) is 85.5 Å². The van der Waals surface area contributed by atoms with Crippen molar-refractivity contribution in [2.45, 2.75) is 168 Å². The van der Waals surface area contributed by atoms with Gasteiger partial charge in [0, 0.05) is 32.3 Å². The number of aryl methyl sites for hydroxylation is 1. The van der Waals surface area contributed by atoms with Gasteiger partial charge in [-0.2, -0.15) is 0 Å². The molecule has 13 heteroatoms. The van der Waals surface area contributed by atoms with E-state index in [1.807, 2.05) is 35.9 Å². The number of hydrogen-bond acceptors (Lipinski definition) is 8. The molecule has 2 aromatic rings. The minimum atomic E-state index is -1.28. The number of halogens is 1. The Bertz CT molecular complexity index is 1510. The Morgan fingerprint density at radius 2 is 1.38 bits per heavy atom. The van der Waals surface area contributed by atoms with E-state index in [0.29, 0.717) is 18.6 Å². The van der Waals surface area contributed by atoms with Crippen molar-refractivity contribution in [2.75, 3.05) is 27.3 Å². The molecule has 4 unspecified atom stereocenters. The van der Waals surface area contributed by atoms with Crippen LogP contribution in [0.1, 0.15) is 146 Å². The SMILES string of the molecule is CCCCCCCCCCCCCCC(CCC)OC(=O)C1C(OC)N(C(=O)C(CC)OC(=O)NCc2cccc[n+]2CC)CCN1C(=O)c1ccccc1OC.[Cl-]. The van der Waals surface area contributed by atoms with Crippen molar-refractivity contribution in [3.8, 4) is 5.75 Å². The predicted molar refractivity (Wildman–Crippen MR) is 221 cm³/mol. The monoisotopic (exact) mass is 830 g/mol. The summed E-state index contributed by atoms with van der Waals surface area (Å²) in [6.07, 6.45) is 15.8. The zero-order chi connectivity index (χ0) is 41.4. The molecule has 1 aliphatic heterocycles. The summed E-state index contributed by atoms with van der Waals surface area (Å²) in [7, 11) is 2.88. The molecule has 0 aliphatic carbocycles. The molecule has 3 amide bonds. The van der Waals surface area contributed by atoms with E-state index in [-0.39, 0.29) is 50.1 Å². The van der Waals surface area contributed by atoms with Crippen molar-refractivity contribution in [2.24, 2.45) is 0 Å². The first kappa shape index (κ1) is 50.2. The van der Waals surface area contributed by atoms with Gasteiger partial charge in [-0.05, 0) is 44.7 Å². The van der Waals surface area contributed by atoms with Crippen molar-refractivity contribution in [1.29, 1.82) is 0 Å². The Kier molecular flexibility index (Phi) is 24.7. The first-order valence-electron chi connectivity index (χ1n) is 21.6. The maximum absolute atomic E-state index is 14.4. The summed E-state index contributed by atoms with van der Waals surface area (Å²) < 4.78 is 25.3. The Balaban J connectivity index is 0.0000116. The van der Waals surface area contributed by atoms with Crippen LogP contribution in [-0.2, 0) is 36.9 Å². The summed E-state index contributed by atoms with van der Waals surface area (Å²) in [5.41, 5.74) is 1.16. The molecule has 2 heterocycles. The third-order valence-corrected chi connectivity index (χ3v) is 10.8. The molecule has 1 aliphatic rings. The van der Waals surface area contributed by atoms with Gasteiger partial charge in [-0.3, -0.25) is 9.59 Å². The third-order valence-electron chi connectivity index (χ3n) is 10.8. The highest BCUT2D eigenvalue weighted by molar-refractivity contribution is 5.99. The molecule has 1 fully saturated rings. The zero-order valence-corrected chi connectivity index (χ0v) is 36.8. The number of para-hydroxylation sites is 1. The molecule has 0 saturated carbocycles. The van der Waals surface area contributed by atoms with E-state index in [1.54, 1.807) is 31.2 Å². The predicted octanol–water partition coefficient (Wildman–Crippen LogP) is 5.14. The summed E-state index contributed by atoms with van der Waals surface area (Å²) in [4.78, 5) is 58.5. The van der Waals surface area contributed by atoms with Gasteiger partial charge in [0.1, 0.15) is 24.9 Å². The number of amides is 3. The lowest BCUT2D eigenvalue weighted by atomic mass is 10.0. The fourth-order valence-electron chi connectivity index (χ4n) is 7.58. The van der Waals surface area contributed by atoms with Crippen LogP contribution in [0.4, 0.5) is 4.79 Å². The van der Waals surface area contributed by atoms with Gasteiger partial charge in [0.25, 0.3) is 11.8 Å². The van der Waals surface area contributed by atoms with Crippen molar-refractivity contribution in [3.63, 3.8) is 0 Å². The normalized spacial score (nSPS) is 16.2. The molecule has 58 heavy (non-hydrogen) atoms.